The zero-order valence-electron chi connectivity index (χ0n) is 9.04. The lowest BCUT2D eigenvalue weighted by molar-refractivity contribution is 0.165. The summed E-state index contributed by atoms with van der Waals surface area (Å²) in [6, 6.07) is 7.40. The van der Waals surface area contributed by atoms with Gasteiger partial charge in [0.25, 0.3) is 0 Å². The van der Waals surface area contributed by atoms with Crippen LogP contribution in [-0.2, 0) is 6.54 Å². The van der Waals surface area contributed by atoms with Crippen LogP contribution < -0.4 is 5.32 Å². The molecule has 82 valence electrons. The van der Waals surface area contributed by atoms with Gasteiger partial charge in [-0.3, -0.25) is 4.90 Å². The van der Waals surface area contributed by atoms with Gasteiger partial charge in [-0.1, -0.05) is 12.1 Å². The molecule has 0 radical (unpaired) electrons. The highest BCUT2D eigenvalue weighted by atomic mass is 19.1. The quantitative estimate of drug-likeness (QED) is 0.794. The summed E-state index contributed by atoms with van der Waals surface area (Å²) >= 11 is 0. The van der Waals surface area contributed by atoms with Crippen molar-refractivity contribution in [3.8, 4) is 0 Å². The van der Waals surface area contributed by atoms with E-state index in [4.69, 9.17) is 0 Å². The molecule has 1 heterocycles. The van der Waals surface area contributed by atoms with Gasteiger partial charge in [0.1, 0.15) is 5.82 Å². The van der Waals surface area contributed by atoms with Crippen LogP contribution in [0.15, 0.2) is 24.3 Å². The van der Waals surface area contributed by atoms with Crippen LogP contribution in [0, 0.1) is 5.82 Å². The second-order valence-corrected chi connectivity index (χ2v) is 4.15. The van der Waals surface area contributed by atoms with Crippen LogP contribution in [-0.4, -0.2) is 30.6 Å². The number of halogens is 1. The average molecular weight is 208 g/mol. The Morgan fingerprint density at radius 2 is 2.40 bits per heavy atom. The summed E-state index contributed by atoms with van der Waals surface area (Å²) in [6.07, 6.45) is 0. The maximum atomic E-state index is 13.0. The van der Waals surface area contributed by atoms with Gasteiger partial charge >= 0.3 is 0 Å². The van der Waals surface area contributed by atoms with E-state index in [2.05, 4.69) is 17.1 Å². The maximum absolute atomic E-state index is 13.0. The summed E-state index contributed by atoms with van der Waals surface area (Å²) in [5.74, 6) is -0.143. The van der Waals surface area contributed by atoms with E-state index in [0.29, 0.717) is 6.04 Å². The predicted molar refractivity (Wildman–Crippen MR) is 59.1 cm³/mol. The molecule has 0 saturated carbocycles. The van der Waals surface area contributed by atoms with Crippen LogP contribution in [0.5, 0.6) is 0 Å². The largest absolute Gasteiger partial charge is 0.314 e. The van der Waals surface area contributed by atoms with Gasteiger partial charge in [0.15, 0.2) is 0 Å². The first-order chi connectivity index (χ1) is 7.25. The first-order valence-electron chi connectivity index (χ1n) is 5.45. The summed E-state index contributed by atoms with van der Waals surface area (Å²) in [6.45, 7) is 6.14. The van der Waals surface area contributed by atoms with Gasteiger partial charge in [-0.2, -0.15) is 0 Å². The second kappa shape index (κ2) is 4.73. The number of nitrogens with one attached hydrogen (secondary N) is 1. The molecule has 2 nitrogen and oxygen atoms in total. The fourth-order valence-corrected chi connectivity index (χ4v) is 1.99. The minimum absolute atomic E-state index is 0.143. The highest BCUT2D eigenvalue weighted by Gasteiger charge is 2.17. The van der Waals surface area contributed by atoms with Gasteiger partial charge in [-0.15, -0.1) is 0 Å². The van der Waals surface area contributed by atoms with E-state index in [1.807, 2.05) is 6.07 Å². The molecule has 1 aromatic carbocycles. The Labute approximate surface area is 90.1 Å². The van der Waals surface area contributed by atoms with Gasteiger partial charge in [0.2, 0.25) is 0 Å². The van der Waals surface area contributed by atoms with Crippen molar-refractivity contribution in [3.63, 3.8) is 0 Å². The SMILES string of the molecule is CC1CNCCN1Cc1cccc(F)c1. The molecule has 0 spiro atoms. The summed E-state index contributed by atoms with van der Waals surface area (Å²) in [5.41, 5.74) is 1.06. The normalized spacial score (nSPS) is 22.9. The zero-order valence-corrected chi connectivity index (χ0v) is 9.04. The molecule has 1 aliphatic heterocycles. The standard InChI is InChI=1S/C12H17FN2/c1-10-8-14-5-6-15(10)9-11-3-2-4-12(13)7-11/h2-4,7,10,14H,5-6,8-9H2,1H3. The van der Waals surface area contributed by atoms with E-state index in [1.165, 1.54) is 6.07 Å². The van der Waals surface area contributed by atoms with Gasteiger partial charge < -0.3 is 5.32 Å². The van der Waals surface area contributed by atoms with E-state index < -0.39 is 0 Å². The van der Waals surface area contributed by atoms with Gasteiger partial charge in [-0.05, 0) is 24.6 Å². The Hall–Kier alpha value is -0.930. The summed E-state index contributed by atoms with van der Waals surface area (Å²) in [4.78, 5) is 2.38. The lowest BCUT2D eigenvalue weighted by Crippen LogP contribution is -2.49. The molecule has 1 N–H and O–H groups in total. The van der Waals surface area contributed by atoms with Crippen LogP contribution in [0.25, 0.3) is 0 Å². The van der Waals surface area contributed by atoms with Crippen molar-refractivity contribution >= 4 is 0 Å². The van der Waals surface area contributed by atoms with Crippen molar-refractivity contribution in [3.05, 3.63) is 35.6 Å². The van der Waals surface area contributed by atoms with Crippen molar-refractivity contribution in [1.29, 1.82) is 0 Å². The molecule has 0 aromatic heterocycles. The van der Waals surface area contributed by atoms with Crippen LogP contribution in [0.4, 0.5) is 4.39 Å². The van der Waals surface area contributed by atoms with Crippen molar-refractivity contribution in [1.82, 2.24) is 10.2 Å². The maximum Gasteiger partial charge on any atom is 0.123 e. The van der Waals surface area contributed by atoms with Crippen LogP contribution in [0.3, 0.4) is 0 Å². The minimum Gasteiger partial charge on any atom is -0.314 e. The fourth-order valence-electron chi connectivity index (χ4n) is 1.99. The van der Waals surface area contributed by atoms with Crippen LogP contribution >= 0.6 is 0 Å². The molecule has 1 fully saturated rings. The molecule has 1 aromatic rings. The topological polar surface area (TPSA) is 15.3 Å². The number of piperazine rings is 1. The Morgan fingerprint density at radius 1 is 1.53 bits per heavy atom. The highest BCUT2D eigenvalue weighted by molar-refractivity contribution is 5.16. The first kappa shape index (κ1) is 10.6. The van der Waals surface area contributed by atoms with E-state index >= 15 is 0 Å². The third-order valence-corrected chi connectivity index (χ3v) is 2.91. The number of benzene rings is 1. The third-order valence-electron chi connectivity index (χ3n) is 2.91. The molecule has 1 unspecified atom stereocenters. The summed E-state index contributed by atoms with van der Waals surface area (Å²) in [7, 11) is 0. The van der Waals surface area contributed by atoms with Crippen molar-refractivity contribution in [2.45, 2.75) is 19.5 Å². The fraction of sp³-hybridized carbons (Fsp3) is 0.500. The average Bonchev–Trinajstić information content (AvgIpc) is 2.22. The third kappa shape index (κ3) is 2.76. The molecule has 3 heteroatoms. The van der Waals surface area contributed by atoms with E-state index in [9.17, 15) is 4.39 Å². The summed E-state index contributed by atoms with van der Waals surface area (Å²) in [5, 5.41) is 3.35. The zero-order chi connectivity index (χ0) is 10.7. The van der Waals surface area contributed by atoms with Gasteiger partial charge in [0, 0.05) is 32.2 Å². The molecule has 0 bridgehead atoms. The molecule has 15 heavy (non-hydrogen) atoms. The lowest BCUT2D eigenvalue weighted by Gasteiger charge is -2.33. The number of nitrogens with zero attached hydrogens (tertiary/aromatic N) is 1. The smallest absolute Gasteiger partial charge is 0.123 e. The van der Waals surface area contributed by atoms with Crippen molar-refractivity contribution < 1.29 is 4.39 Å². The Morgan fingerprint density at radius 3 is 3.13 bits per heavy atom. The molecule has 1 atom stereocenters. The van der Waals surface area contributed by atoms with Crippen molar-refractivity contribution in [2.75, 3.05) is 19.6 Å². The lowest BCUT2D eigenvalue weighted by atomic mass is 10.1. The molecule has 0 aliphatic carbocycles. The molecule has 1 saturated heterocycles. The highest BCUT2D eigenvalue weighted by Crippen LogP contribution is 2.11. The Balaban J connectivity index is 2.01. The monoisotopic (exact) mass is 208 g/mol. The Bertz CT molecular complexity index is 327. The number of hydrogen-bond acceptors (Lipinski definition) is 2. The van der Waals surface area contributed by atoms with Crippen LogP contribution in [0.1, 0.15) is 12.5 Å². The second-order valence-electron chi connectivity index (χ2n) is 4.15. The van der Waals surface area contributed by atoms with Crippen molar-refractivity contribution in [2.24, 2.45) is 0 Å². The Kier molecular flexibility index (Phi) is 3.34. The van der Waals surface area contributed by atoms with E-state index in [-0.39, 0.29) is 5.82 Å². The molecule has 1 aliphatic rings. The van der Waals surface area contributed by atoms with E-state index in [1.54, 1.807) is 12.1 Å². The molecular weight excluding hydrogens is 191 g/mol. The molecule has 0 amide bonds. The molecular formula is C12H17FN2. The number of rotatable bonds is 2. The van der Waals surface area contributed by atoms with Gasteiger partial charge in [-0.25, -0.2) is 4.39 Å². The van der Waals surface area contributed by atoms with E-state index in [0.717, 1.165) is 31.7 Å². The minimum atomic E-state index is -0.143. The van der Waals surface area contributed by atoms with Gasteiger partial charge in [0.05, 0.1) is 0 Å². The summed E-state index contributed by atoms with van der Waals surface area (Å²) < 4.78 is 13.0. The molecule has 2 rings (SSSR count). The van der Waals surface area contributed by atoms with Crippen LogP contribution in [0.2, 0.25) is 0 Å². The predicted octanol–water partition coefficient (Wildman–Crippen LogP) is 1.62. The number of hydrogen-bond donors (Lipinski definition) is 1. The first-order valence-corrected chi connectivity index (χ1v) is 5.45.